The van der Waals surface area contributed by atoms with Gasteiger partial charge in [0, 0.05) is 26.0 Å². The van der Waals surface area contributed by atoms with Crippen LogP contribution in [-0.2, 0) is 16.0 Å². The van der Waals surface area contributed by atoms with Crippen LogP contribution in [0.3, 0.4) is 0 Å². The van der Waals surface area contributed by atoms with Gasteiger partial charge in [-0.3, -0.25) is 9.59 Å². The van der Waals surface area contributed by atoms with Crippen LogP contribution in [0.2, 0.25) is 0 Å². The number of hydrogen-bond donors (Lipinski definition) is 4. The Kier molecular flexibility index (Phi) is 9.07. The Balaban J connectivity index is 2.19. The number of carbonyl (C=O) groups excluding carboxylic acids is 2. The van der Waals surface area contributed by atoms with E-state index >= 15 is 0 Å². The van der Waals surface area contributed by atoms with Crippen molar-refractivity contribution in [1.29, 1.82) is 0 Å². The lowest BCUT2D eigenvalue weighted by Gasteiger charge is -2.17. The minimum Gasteiger partial charge on any atom is -0.426 e. The van der Waals surface area contributed by atoms with Gasteiger partial charge in [0.05, 0.1) is 6.54 Å². The van der Waals surface area contributed by atoms with Gasteiger partial charge in [0.2, 0.25) is 11.8 Å². The topological polar surface area (TPSA) is 116 Å². The number of nitrogens with two attached hydrogens (primary N) is 1. The summed E-state index contributed by atoms with van der Waals surface area (Å²) in [6.07, 6.45) is 1.93. The Hall–Kier alpha value is -1.90. The first-order valence-electron chi connectivity index (χ1n) is 8.06. The van der Waals surface area contributed by atoms with Crippen molar-refractivity contribution in [3.8, 4) is 0 Å². The Morgan fingerprint density at radius 1 is 1.29 bits per heavy atom. The fourth-order valence-electron chi connectivity index (χ4n) is 2.16. The lowest BCUT2D eigenvalue weighted by Crippen LogP contribution is -2.41. The number of hydrogen-bond acceptors (Lipinski definition) is 5. The summed E-state index contributed by atoms with van der Waals surface area (Å²) in [5.74, 6) is -1.05. The van der Waals surface area contributed by atoms with Crippen molar-refractivity contribution in [3.63, 3.8) is 0 Å². The van der Waals surface area contributed by atoms with E-state index in [0.29, 0.717) is 32.2 Å². The fraction of sp³-hybridized carbons (Fsp3) is 0.500. The first-order valence-corrected chi connectivity index (χ1v) is 8.06. The van der Waals surface area contributed by atoms with E-state index in [9.17, 15) is 9.59 Å². The average Bonchev–Trinajstić information content (AvgIpc) is 2.57. The number of rotatable bonds is 10. The highest BCUT2D eigenvalue weighted by molar-refractivity contribution is 6.43. The molecule has 1 unspecified atom stereocenters. The van der Waals surface area contributed by atoms with Gasteiger partial charge >= 0.3 is 7.12 Å². The molecule has 0 aliphatic rings. The van der Waals surface area contributed by atoms with Crippen molar-refractivity contribution in [2.75, 3.05) is 20.1 Å². The Morgan fingerprint density at radius 3 is 2.58 bits per heavy atom. The SMILES string of the molecule is CN(CC(=O)NCCCC(N)B(O)O)C(=O)CCc1ccccc1. The fourth-order valence-corrected chi connectivity index (χ4v) is 2.16. The summed E-state index contributed by atoms with van der Waals surface area (Å²) in [4.78, 5) is 25.2. The first-order chi connectivity index (χ1) is 11.4. The Morgan fingerprint density at radius 2 is 1.96 bits per heavy atom. The third kappa shape index (κ3) is 8.10. The van der Waals surface area contributed by atoms with E-state index in [1.54, 1.807) is 7.05 Å². The van der Waals surface area contributed by atoms with Crippen LogP contribution in [0.25, 0.3) is 0 Å². The predicted molar refractivity (Wildman–Crippen MR) is 92.8 cm³/mol. The van der Waals surface area contributed by atoms with Crippen molar-refractivity contribution in [2.45, 2.75) is 31.6 Å². The molecule has 1 aromatic rings. The third-order valence-corrected chi connectivity index (χ3v) is 3.70. The number of nitrogens with zero attached hydrogens (tertiary/aromatic N) is 1. The van der Waals surface area contributed by atoms with Gasteiger partial charge in [0.25, 0.3) is 0 Å². The summed E-state index contributed by atoms with van der Waals surface area (Å²) in [5, 5.41) is 20.4. The normalized spacial score (nSPS) is 11.7. The maximum absolute atomic E-state index is 12.0. The maximum atomic E-state index is 12.0. The number of amides is 2. The molecule has 0 aliphatic carbocycles. The zero-order chi connectivity index (χ0) is 17.9. The number of aryl methyl sites for hydroxylation is 1. The van der Waals surface area contributed by atoms with Crippen LogP contribution in [0, 0.1) is 0 Å². The summed E-state index contributed by atoms with van der Waals surface area (Å²) < 4.78 is 0. The minimum atomic E-state index is -1.55. The van der Waals surface area contributed by atoms with E-state index in [1.807, 2.05) is 30.3 Å². The summed E-state index contributed by atoms with van der Waals surface area (Å²) >= 11 is 0. The second-order valence-corrected chi connectivity index (χ2v) is 5.81. The van der Waals surface area contributed by atoms with Crippen LogP contribution in [0.4, 0.5) is 0 Å². The highest BCUT2D eigenvalue weighted by atomic mass is 16.4. The zero-order valence-electron chi connectivity index (χ0n) is 14.0. The molecule has 0 bridgehead atoms. The van der Waals surface area contributed by atoms with Gasteiger partial charge in [0.15, 0.2) is 0 Å². The molecule has 0 heterocycles. The van der Waals surface area contributed by atoms with E-state index in [1.165, 1.54) is 4.90 Å². The van der Waals surface area contributed by atoms with Crippen LogP contribution in [-0.4, -0.2) is 60.0 Å². The van der Waals surface area contributed by atoms with Crippen LogP contribution >= 0.6 is 0 Å². The molecule has 0 aliphatic heterocycles. The van der Waals surface area contributed by atoms with Gasteiger partial charge < -0.3 is 26.0 Å². The monoisotopic (exact) mass is 335 g/mol. The van der Waals surface area contributed by atoms with Gasteiger partial charge in [-0.1, -0.05) is 30.3 Å². The molecule has 1 aromatic carbocycles. The predicted octanol–water partition coefficient (Wildman–Crippen LogP) is -0.687. The molecule has 0 radical (unpaired) electrons. The lowest BCUT2D eigenvalue weighted by atomic mass is 9.78. The molecule has 7 nitrogen and oxygen atoms in total. The molecule has 5 N–H and O–H groups in total. The molecule has 0 aromatic heterocycles. The third-order valence-electron chi connectivity index (χ3n) is 3.70. The lowest BCUT2D eigenvalue weighted by molar-refractivity contribution is -0.134. The van der Waals surface area contributed by atoms with E-state index in [-0.39, 0.29) is 18.4 Å². The van der Waals surface area contributed by atoms with Gasteiger partial charge in [-0.05, 0) is 24.8 Å². The average molecular weight is 335 g/mol. The quantitative estimate of drug-likeness (QED) is 0.334. The van der Waals surface area contributed by atoms with E-state index < -0.39 is 13.1 Å². The molecule has 8 heteroatoms. The molecule has 132 valence electrons. The van der Waals surface area contributed by atoms with Crippen molar-refractivity contribution in [2.24, 2.45) is 5.73 Å². The second-order valence-electron chi connectivity index (χ2n) is 5.81. The van der Waals surface area contributed by atoms with Crippen molar-refractivity contribution < 1.29 is 19.6 Å². The van der Waals surface area contributed by atoms with Gasteiger partial charge in [-0.25, -0.2) is 0 Å². The molecule has 2 amide bonds. The molecule has 0 spiro atoms. The number of likely N-dealkylation sites (N-methyl/N-ethyl adjacent to an activating group) is 1. The molecule has 0 fully saturated rings. The minimum absolute atomic E-state index is 0.00228. The van der Waals surface area contributed by atoms with E-state index in [2.05, 4.69) is 5.32 Å². The largest absolute Gasteiger partial charge is 0.469 e. The maximum Gasteiger partial charge on any atom is 0.469 e. The van der Waals surface area contributed by atoms with Crippen molar-refractivity contribution in [3.05, 3.63) is 35.9 Å². The highest BCUT2D eigenvalue weighted by Crippen LogP contribution is 2.04. The molecule has 1 rings (SSSR count). The van der Waals surface area contributed by atoms with Gasteiger partial charge in [-0.15, -0.1) is 0 Å². The summed E-state index contributed by atoms with van der Waals surface area (Å²) in [5.41, 5.74) is 6.56. The van der Waals surface area contributed by atoms with Crippen LogP contribution in [0.5, 0.6) is 0 Å². The van der Waals surface area contributed by atoms with Gasteiger partial charge in [-0.2, -0.15) is 0 Å². The van der Waals surface area contributed by atoms with Crippen LogP contribution in [0.15, 0.2) is 30.3 Å². The number of nitrogens with one attached hydrogen (secondary N) is 1. The molecule has 1 atom stereocenters. The highest BCUT2D eigenvalue weighted by Gasteiger charge is 2.18. The number of carbonyl (C=O) groups is 2. The molecular formula is C16H26BN3O4. The van der Waals surface area contributed by atoms with Gasteiger partial charge in [0.1, 0.15) is 0 Å². The molecule has 24 heavy (non-hydrogen) atoms. The van der Waals surface area contributed by atoms with E-state index in [4.69, 9.17) is 15.8 Å². The summed E-state index contributed by atoms with van der Waals surface area (Å²) in [6.45, 7) is 0.383. The van der Waals surface area contributed by atoms with Crippen molar-refractivity contribution >= 4 is 18.9 Å². The summed E-state index contributed by atoms with van der Waals surface area (Å²) in [7, 11) is 0.0550. The van der Waals surface area contributed by atoms with Crippen LogP contribution in [0.1, 0.15) is 24.8 Å². The van der Waals surface area contributed by atoms with Crippen LogP contribution < -0.4 is 11.1 Å². The zero-order valence-corrected chi connectivity index (χ0v) is 14.0. The smallest absolute Gasteiger partial charge is 0.426 e. The molecule has 0 saturated carbocycles. The molecule has 0 saturated heterocycles. The van der Waals surface area contributed by atoms with E-state index in [0.717, 1.165) is 5.56 Å². The summed E-state index contributed by atoms with van der Waals surface area (Å²) in [6, 6.07) is 9.72. The first kappa shape index (κ1) is 20.2. The van der Waals surface area contributed by atoms with Crippen molar-refractivity contribution in [1.82, 2.24) is 10.2 Å². The standard InChI is InChI=1S/C16H26BN3O4/c1-20(16(22)10-9-13-6-3-2-4-7-13)12-15(21)19-11-5-8-14(18)17(23)24/h2-4,6-7,14,23-24H,5,8-12,18H2,1H3,(H,19,21). The molecular weight excluding hydrogens is 309 g/mol. The Labute approximate surface area is 143 Å². The Bertz CT molecular complexity index is 513. The number of benzene rings is 1. The second kappa shape index (κ2) is 10.8.